The van der Waals surface area contributed by atoms with E-state index in [1.54, 1.807) is 14.0 Å². The van der Waals surface area contributed by atoms with Gasteiger partial charge in [-0.1, -0.05) is 0 Å². The molecule has 1 rings (SSSR count). The van der Waals surface area contributed by atoms with Crippen LogP contribution in [-0.2, 0) is 9.53 Å². The van der Waals surface area contributed by atoms with Crippen LogP contribution in [-0.4, -0.2) is 47.9 Å². The van der Waals surface area contributed by atoms with Crippen molar-refractivity contribution >= 4 is 11.9 Å². The van der Waals surface area contributed by atoms with Gasteiger partial charge in [0, 0.05) is 24.9 Å². The lowest BCUT2D eigenvalue weighted by Gasteiger charge is -2.11. The predicted molar refractivity (Wildman–Crippen MR) is 65.0 cm³/mol. The Morgan fingerprint density at radius 1 is 1.39 bits per heavy atom. The Labute approximate surface area is 105 Å². The van der Waals surface area contributed by atoms with Crippen LogP contribution < -0.4 is 10.1 Å². The molecule has 7 heteroatoms. The van der Waals surface area contributed by atoms with Crippen molar-refractivity contribution in [1.82, 2.24) is 9.97 Å². The van der Waals surface area contributed by atoms with E-state index >= 15 is 0 Å². The van der Waals surface area contributed by atoms with E-state index in [1.807, 2.05) is 6.92 Å². The molecule has 18 heavy (non-hydrogen) atoms. The first-order chi connectivity index (χ1) is 8.54. The lowest BCUT2D eigenvalue weighted by Crippen LogP contribution is -2.15. The standard InChI is InChI=1S/C11H17N3O4/c1-7-8(2)13-11(12-4-5-17-3)14-10(7)18-6-9(15)16/h4-6H2,1-3H3,(H,15,16)(H,12,13,14). The zero-order valence-corrected chi connectivity index (χ0v) is 10.7. The second kappa shape index (κ2) is 6.75. The van der Waals surface area contributed by atoms with Gasteiger partial charge in [0.15, 0.2) is 6.61 Å². The van der Waals surface area contributed by atoms with Gasteiger partial charge < -0.3 is 19.9 Å². The van der Waals surface area contributed by atoms with Crippen molar-refractivity contribution in [3.05, 3.63) is 11.3 Å². The van der Waals surface area contributed by atoms with Gasteiger partial charge in [-0.3, -0.25) is 0 Å². The van der Waals surface area contributed by atoms with Crippen LogP contribution in [0, 0.1) is 13.8 Å². The van der Waals surface area contributed by atoms with Crippen molar-refractivity contribution in [2.24, 2.45) is 0 Å². The van der Waals surface area contributed by atoms with Crippen LogP contribution >= 0.6 is 0 Å². The summed E-state index contributed by atoms with van der Waals surface area (Å²) in [6.07, 6.45) is 0. The monoisotopic (exact) mass is 255 g/mol. The van der Waals surface area contributed by atoms with E-state index in [1.165, 1.54) is 0 Å². The Bertz CT molecular complexity index is 423. The molecule has 0 radical (unpaired) electrons. The molecule has 0 bridgehead atoms. The number of hydrogen-bond donors (Lipinski definition) is 2. The van der Waals surface area contributed by atoms with Crippen molar-refractivity contribution in [1.29, 1.82) is 0 Å². The van der Waals surface area contributed by atoms with Crippen LogP contribution in [0.5, 0.6) is 5.88 Å². The molecule has 0 aliphatic rings. The van der Waals surface area contributed by atoms with Gasteiger partial charge in [-0.25, -0.2) is 9.78 Å². The lowest BCUT2D eigenvalue weighted by atomic mass is 10.2. The van der Waals surface area contributed by atoms with E-state index in [2.05, 4.69) is 15.3 Å². The third-order valence-electron chi connectivity index (χ3n) is 2.27. The molecule has 0 saturated heterocycles. The summed E-state index contributed by atoms with van der Waals surface area (Å²) >= 11 is 0. The average molecular weight is 255 g/mol. The summed E-state index contributed by atoms with van der Waals surface area (Å²) in [7, 11) is 1.60. The maximum atomic E-state index is 10.5. The lowest BCUT2D eigenvalue weighted by molar-refractivity contribution is -0.139. The van der Waals surface area contributed by atoms with E-state index in [-0.39, 0.29) is 5.88 Å². The number of aromatic nitrogens is 2. The molecule has 0 unspecified atom stereocenters. The van der Waals surface area contributed by atoms with Gasteiger partial charge in [-0.15, -0.1) is 0 Å². The predicted octanol–water partition coefficient (Wildman–Crippen LogP) is 0.615. The molecular formula is C11H17N3O4. The quantitative estimate of drug-likeness (QED) is 0.689. The first kappa shape index (κ1) is 14.2. The zero-order chi connectivity index (χ0) is 13.5. The fourth-order valence-corrected chi connectivity index (χ4v) is 1.22. The zero-order valence-electron chi connectivity index (χ0n) is 10.7. The summed E-state index contributed by atoms with van der Waals surface area (Å²) in [5.74, 6) is -0.361. The number of aryl methyl sites for hydroxylation is 1. The molecule has 0 spiro atoms. The number of ether oxygens (including phenoxy) is 2. The highest BCUT2D eigenvalue weighted by atomic mass is 16.5. The number of carbonyl (C=O) groups is 1. The number of nitrogens with zero attached hydrogens (tertiary/aromatic N) is 2. The van der Waals surface area contributed by atoms with Crippen LogP contribution in [0.3, 0.4) is 0 Å². The highest BCUT2D eigenvalue weighted by Gasteiger charge is 2.10. The van der Waals surface area contributed by atoms with E-state index in [9.17, 15) is 4.79 Å². The van der Waals surface area contributed by atoms with Crippen molar-refractivity contribution in [2.75, 3.05) is 32.2 Å². The minimum absolute atomic E-state index is 0.282. The van der Waals surface area contributed by atoms with Crippen LogP contribution in [0.2, 0.25) is 0 Å². The first-order valence-corrected chi connectivity index (χ1v) is 5.47. The maximum Gasteiger partial charge on any atom is 0.341 e. The topological polar surface area (TPSA) is 93.6 Å². The molecule has 1 heterocycles. The Kier molecular flexibility index (Phi) is 5.31. The van der Waals surface area contributed by atoms with Gasteiger partial charge in [0.25, 0.3) is 0 Å². The third-order valence-corrected chi connectivity index (χ3v) is 2.27. The molecular weight excluding hydrogens is 238 g/mol. The molecule has 0 aromatic carbocycles. The molecule has 0 amide bonds. The maximum absolute atomic E-state index is 10.5. The number of carboxylic acids is 1. The second-order valence-corrected chi connectivity index (χ2v) is 3.66. The van der Waals surface area contributed by atoms with Crippen molar-refractivity contribution in [2.45, 2.75) is 13.8 Å². The summed E-state index contributed by atoms with van der Waals surface area (Å²) in [5, 5.41) is 11.5. The van der Waals surface area contributed by atoms with E-state index in [0.29, 0.717) is 19.1 Å². The number of aliphatic carboxylic acids is 1. The summed E-state index contributed by atoms with van der Waals surface area (Å²) in [6.45, 7) is 4.27. The number of carboxylic acid groups (broad SMARTS) is 1. The fraction of sp³-hybridized carbons (Fsp3) is 0.545. The third kappa shape index (κ3) is 4.17. The molecule has 1 aromatic rings. The number of rotatable bonds is 7. The average Bonchev–Trinajstić information content (AvgIpc) is 2.32. The Hall–Kier alpha value is -1.89. The van der Waals surface area contributed by atoms with Crippen molar-refractivity contribution in [3.8, 4) is 5.88 Å². The summed E-state index contributed by atoms with van der Waals surface area (Å²) in [5.41, 5.74) is 1.47. The first-order valence-electron chi connectivity index (χ1n) is 5.47. The summed E-state index contributed by atoms with van der Waals surface area (Å²) < 4.78 is 10.0. The highest BCUT2D eigenvalue weighted by Crippen LogP contribution is 2.19. The van der Waals surface area contributed by atoms with Crippen LogP contribution in [0.15, 0.2) is 0 Å². The molecule has 0 aliphatic heterocycles. The molecule has 0 saturated carbocycles. The smallest absolute Gasteiger partial charge is 0.341 e. The van der Waals surface area contributed by atoms with Crippen molar-refractivity contribution < 1.29 is 19.4 Å². The number of methoxy groups -OCH3 is 1. The molecule has 100 valence electrons. The van der Waals surface area contributed by atoms with E-state index < -0.39 is 12.6 Å². The summed E-state index contributed by atoms with van der Waals surface area (Å²) in [4.78, 5) is 18.8. The minimum atomic E-state index is -1.04. The van der Waals surface area contributed by atoms with Gasteiger partial charge in [-0.2, -0.15) is 4.98 Å². The van der Waals surface area contributed by atoms with Gasteiger partial charge >= 0.3 is 5.97 Å². The molecule has 1 aromatic heterocycles. The molecule has 7 nitrogen and oxygen atoms in total. The van der Waals surface area contributed by atoms with Crippen LogP contribution in [0.25, 0.3) is 0 Å². The summed E-state index contributed by atoms with van der Waals surface area (Å²) in [6, 6.07) is 0. The van der Waals surface area contributed by atoms with Gasteiger partial charge in [-0.05, 0) is 13.8 Å². The number of hydrogen-bond acceptors (Lipinski definition) is 6. The Morgan fingerprint density at radius 3 is 2.72 bits per heavy atom. The van der Waals surface area contributed by atoms with Crippen molar-refractivity contribution in [3.63, 3.8) is 0 Å². The molecule has 0 atom stereocenters. The van der Waals surface area contributed by atoms with Gasteiger partial charge in [0.05, 0.1) is 6.61 Å². The van der Waals surface area contributed by atoms with Crippen LogP contribution in [0.4, 0.5) is 5.95 Å². The largest absolute Gasteiger partial charge is 0.479 e. The normalized spacial score (nSPS) is 10.2. The molecule has 0 fully saturated rings. The fourth-order valence-electron chi connectivity index (χ4n) is 1.22. The van der Waals surface area contributed by atoms with E-state index in [0.717, 1.165) is 11.3 Å². The minimum Gasteiger partial charge on any atom is -0.479 e. The molecule has 0 aliphatic carbocycles. The van der Waals surface area contributed by atoms with Crippen LogP contribution in [0.1, 0.15) is 11.3 Å². The SMILES string of the molecule is COCCNc1nc(C)c(C)c(OCC(=O)O)n1. The Morgan fingerprint density at radius 2 is 2.11 bits per heavy atom. The second-order valence-electron chi connectivity index (χ2n) is 3.66. The van der Waals surface area contributed by atoms with E-state index in [4.69, 9.17) is 14.6 Å². The van der Waals surface area contributed by atoms with Gasteiger partial charge in [0.2, 0.25) is 11.8 Å². The highest BCUT2D eigenvalue weighted by molar-refractivity contribution is 5.68. The Balaban J connectivity index is 2.78. The number of nitrogens with one attached hydrogen (secondary N) is 1. The van der Waals surface area contributed by atoms with Gasteiger partial charge in [0.1, 0.15) is 0 Å². The number of anilines is 1. The molecule has 2 N–H and O–H groups in total.